The van der Waals surface area contributed by atoms with Crippen molar-refractivity contribution in [2.45, 2.75) is 56.5 Å². The Morgan fingerprint density at radius 1 is 0.898 bits per heavy atom. The fourth-order valence-electron chi connectivity index (χ4n) is 7.13. The van der Waals surface area contributed by atoms with E-state index < -0.39 is 12.0 Å². The summed E-state index contributed by atoms with van der Waals surface area (Å²) in [6.07, 6.45) is 3.71. The molecule has 2 fully saturated rings. The largest absolute Gasteiger partial charge is 0.478 e. The smallest absolute Gasteiger partial charge is 0.335 e. The number of carboxylic acid groups (broad SMARTS) is 1. The number of urea groups is 2. The molecule has 0 saturated carbocycles. The van der Waals surface area contributed by atoms with Gasteiger partial charge in [0.2, 0.25) is 5.91 Å². The number of benzene rings is 3. The number of anilines is 2. The van der Waals surface area contributed by atoms with E-state index in [4.69, 9.17) is 5.73 Å². The zero-order valence-corrected chi connectivity index (χ0v) is 30.2. The molecule has 49 heavy (non-hydrogen) atoms. The standard InChI is InChI=1S/C36H40Br2N6O5/c37-28-18-22(19-29(38)32(28)39)20-31(33(45)42-13-8-23(9-14-42)25-5-3-6-26(21-25)34(46)47)41-35(48)43-15-11-27(12-16-43)44-17-10-24-4-1-2-7-30(24)40-36(44)49/h1-7,18-19,21,23,27,31H,8-17,20,39H2,(H,40,49)(H,41,48)(H,46,47)/t31-/m0/s1. The van der Waals surface area contributed by atoms with Gasteiger partial charge in [0.1, 0.15) is 6.04 Å². The quantitative estimate of drug-likeness (QED) is 0.214. The van der Waals surface area contributed by atoms with Gasteiger partial charge in [0.15, 0.2) is 0 Å². The van der Waals surface area contributed by atoms with Crippen molar-refractivity contribution in [3.05, 3.63) is 91.9 Å². The number of nitrogens with zero attached hydrogens (tertiary/aromatic N) is 3. The molecule has 258 valence electrons. The fraction of sp³-hybridized carbons (Fsp3) is 0.389. The number of fused-ring (bicyclic) bond motifs is 1. The lowest BCUT2D eigenvalue weighted by atomic mass is 9.88. The van der Waals surface area contributed by atoms with Crippen molar-refractivity contribution in [2.24, 2.45) is 0 Å². The van der Waals surface area contributed by atoms with Gasteiger partial charge < -0.3 is 36.2 Å². The molecular weight excluding hydrogens is 756 g/mol. The third-order valence-electron chi connectivity index (χ3n) is 9.92. The monoisotopic (exact) mass is 794 g/mol. The number of rotatable bonds is 7. The van der Waals surface area contributed by atoms with E-state index in [0.29, 0.717) is 73.0 Å². The second-order valence-corrected chi connectivity index (χ2v) is 14.7. The Labute approximate surface area is 302 Å². The molecule has 3 aromatic rings. The van der Waals surface area contributed by atoms with E-state index >= 15 is 0 Å². The van der Waals surface area contributed by atoms with Crippen molar-refractivity contribution in [1.82, 2.24) is 20.0 Å². The highest BCUT2D eigenvalue weighted by Crippen LogP contribution is 2.32. The summed E-state index contributed by atoms with van der Waals surface area (Å²) in [5.41, 5.74) is 10.7. The minimum absolute atomic E-state index is 0.0118. The summed E-state index contributed by atoms with van der Waals surface area (Å²) in [6.45, 7) is 2.54. The number of nitrogens with two attached hydrogens (primary N) is 1. The number of hydrogen-bond acceptors (Lipinski definition) is 5. The number of nitrogen functional groups attached to an aromatic ring is 1. The highest BCUT2D eigenvalue weighted by atomic mass is 79.9. The second-order valence-electron chi connectivity index (χ2n) is 13.0. The molecule has 11 nitrogen and oxygen atoms in total. The molecule has 6 rings (SSSR count). The summed E-state index contributed by atoms with van der Waals surface area (Å²) in [6, 6.07) is 17.4. The lowest BCUT2D eigenvalue weighted by Crippen LogP contribution is -2.56. The predicted octanol–water partition coefficient (Wildman–Crippen LogP) is 6.07. The number of amides is 5. The van der Waals surface area contributed by atoms with E-state index in [-0.39, 0.29) is 41.9 Å². The summed E-state index contributed by atoms with van der Waals surface area (Å²) in [7, 11) is 0. The summed E-state index contributed by atoms with van der Waals surface area (Å²) < 4.78 is 1.39. The number of carbonyl (C=O) groups is 4. The van der Waals surface area contributed by atoms with Crippen molar-refractivity contribution in [2.75, 3.05) is 43.8 Å². The van der Waals surface area contributed by atoms with Gasteiger partial charge in [-0.15, -0.1) is 0 Å². The number of halogens is 2. The number of hydrogen-bond donors (Lipinski definition) is 4. The Morgan fingerprint density at radius 3 is 2.27 bits per heavy atom. The van der Waals surface area contributed by atoms with Gasteiger partial charge in [0.25, 0.3) is 0 Å². The van der Waals surface area contributed by atoms with Crippen LogP contribution in [-0.4, -0.2) is 88.6 Å². The van der Waals surface area contributed by atoms with Crippen LogP contribution in [0.1, 0.15) is 58.6 Å². The lowest BCUT2D eigenvalue weighted by molar-refractivity contribution is -0.134. The second kappa shape index (κ2) is 15.2. The third kappa shape index (κ3) is 8.04. The Balaban J connectivity index is 1.10. The SMILES string of the molecule is Nc1c(Br)cc(C[C@H](NC(=O)N2CCC(N3CCc4ccccc4NC3=O)CC2)C(=O)N2CCC(c3cccc(C(=O)O)c3)CC2)cc1Br. The summed E-state index contributed by atoms with van der Waals surface area (Å²) in [5, 5.41) is 15.5. The van der Waals surface area contributed by atoms with Gasteiger partial charge in [-0.2, -0.15) is 0 Å². The number of likely N-dealkylation sites (tertiary alicyclic amines) is 2. The first-order valence-electron chi connectivity index (χ1n) is 16.6. The zero-order valence-electron chi connectivity index (χ0n) is 27.0. The van der Waals surface area contributed by atoms with Crippen molar-refractivity contribution in [3.63, 3.8) is 0 Å². The molecule has 0 bridgehead atoms. The summed E-state index contributed by atoms with van der Waals surface area (Å²) in [4.78, 5) is 57.8. The fourth-order valence-corrected chi connectivity index (χ4v) is 8.41. The van der Waals surface area contributed by atoms with E-state index in [2.05, 4.69) is 42.5 Å². The van der Waals surface area contributed by atoms with Crippen LogP contribution in [-0.2, 0) is 17.6 Å². The van der Waals surface area contributed by atoms with Crippen LogP contribution in [0.15, 0.2) is 69.6 Å². The van der Waals surface area contributed by atoms with E-state index in [0.717, 1.165) is 28.8 Å². The molecule has 0 spiro atoms. The first kappa shape index (κ1) is 34.8. The maximum absolute atomic E-state index is 14.1. The van der Waals surface area contributed by atoms with Gasteiger partial charge in [-0.25, -0.2) is 14.4 Å². The van der Waals surface area contributed by atoms with Gasteiger partial charge in [-0.1, -0.05) is 30.3 Å². The zero-order chi connectivity index (χ0) is 34.7. The average Bonchev–Trinajstić information content (AvgIpc) is 3.28. The highest BCUT2D eigenvalue weighted by Gasteiger charge is 2.34. The number of carboxylic acids is 1. The van der Waals surface area contributed by atoms with Crippen LogP contribution < -0.4 is 16.4 Å². The molecule has 3 aliphatic heterocycles. The van der Waals surface area contributed by atoms with Crippen LogP contribution in [0.5, 0.6) is 0 Å². The van der Waals surface area contributed by atoms with E-state index in [9.17, 15) is 24.3 Å². The molecule has 2 saturated heterocycles. The summed E-state index contributed by atoms with van der Waals surface area (Å²) >= 11 is 7.00. The third-order valence-corrected chi connectivity index (χ3v) is 11.2. The van der Waals surface area contributed by atoms with E-state index in [1.165, 1.54) is 0 Å². The normalized spacial score (nSPS) is 17.9. The lowest BCUT2D eigenvalue weighted by Gasteiger charge is -2.39. The molecule has 1 atom stereocenters. The molecule has 13 heteroatoms. The minimum Gasteiger partial charge on any atom is -0.478 e. The Morgan fingerprint density at radius 2 is 1.57 bits per heavy atom. The topological polar surface area (TPSA) is 148 Å². The van der Waals surface area contributed by atoms with Crippen LogP contribution in [0.25, 0.3) is 0 Å². The molecular formula is C36H40Br2N6O5. The number of piperidine rings is 2. The van der Waals surface area contributed by atoms with E-state index in [1.807, 2.05) is 47.4 Å². The van der Waals surface area contributed by atoms with Crippen LogP contribution >= 0.6 is 31.9 Å². The maximum atomic E-state index is 14.1. The number of nitrogens with one attached hydrogen (secondary N) is 2. The van der Waals surface area contributed by atoms with Crippen molar-refractivity contribution in [1.29, 1.82) is 0 Å². The first-order chi connectivity index (χ1) is 23.6. The Bertz CT molecular complexity index is 1720. The van der Waals surface area contributed by atoms with Crippen LogP contribution in [0.3, 0.4) is 0 Å². The van der Waals surface area contributed by atoms with Crippen LogP contribution in [0, 0.1) is 0 Å². The molecule has 3 aromatic carbocycles. The van der Waals surface area contributed by atoms with Gasteiger partial charge in [-0.05, 0) is 117 Å². The van der Waals surface area contributed by atoms with Gasteiger partial charge in [-0.3, -0.25) is 4.79 Å². The Hall–Kier alpha value is -4.10. The molecule has 3 aliphatic rings. The van der Waals surface area contributed by atoms with Gasteiger partial charge >= 0.3 is 18.0 Å². The minimum atomic E-state index is -0.961. The average molecular weight is 797 g/mol. The maximum Gasteiger partial charge on any atom is 0.335 e. The number of para-hydroxylation sites is 1. The molecule has 0 aromatic heterocycles. The van der Waals surface area contributed by atoms with Gasteiger partial charge in [0.05, 0.1) is 11.3 Å². The van der Waals surface area contributed by atoms with Gasteiger partial charge in [0, 0.05) is 59.8 Å². The van der Waals surface area contributed by atoms with Crippen molar-refractivity contribution in [3.8, 4) is 0 Å². The van der Waals surface area contributed by atoms with Crippen molar-refractivity contribution < 1.29 is 24.3 Å². The first-order valence-corrected chi connectivity index (χ1v) is 18.2. The molecule has 5 N–H and O–H groups in total. The molecule has 5 amide bonds. The molecule has 0 aliphatic carbocycles. The summed E-state index contributed by atoms with van der Waals surface area (Å²) in [5.74, 6) is -0.982. The number of carbonyl (C=O) groups excluding carboxylic acids is 3. The molecule has 0 radical (unpaired) electrons. The highest BCUT2D eigenvalue weighted by molar-refractivity contribution is 9.11. The molecule has 3 heterocycles. The van der Waals surface area contributed by atoms with E-state index in [1.54, 1.807) is 28.0 Å². The Kier molecular flexibility index (Phi) is 10.8. The predicted molar refractivity (Wildman–Crippen MR) is 195 cm³/mol. The molecule has 0 unspecified atom stereocenters. The van der Waals surface area contributed by atoms with Crippen LogP contribution in [0.4, 0.5) is 21.0 Å². The van der Waals surface area contributed by atoms with Crippen molar-refractivity contribution >= 4 is 67.2 Å². The number of aromatic carboxylic acids is 1. The van der Waals surface area contributed by atoms with Crippen LogP contribution in [0.2, 0.25) is 0 Å².